The van der Waals surface area contributed by atoms with Crippen molar-refractivity contribution < 1.29 is 8.42 Å². The molecule has 0 aromatic carbocycles. The van der Waals surface area contributed by atoms with Gasteiger partial charge in [-0.15, -0.1) is 0 Å². The minimum atomic E-state index is -3.14. The molecule has 2 aromatic heterocycles. The molecule has 0 saturated carbocycles. The van der Waals surface area contributed by atoms with E-state index in [-0.39, 0.29) is 0 Å². The molecule has 118 valence electrons. The lowest BCUT2D eigenvalue weighted by Gasteiger charge is -2.16. The summed E-state index contributed by atoms with van der Waals surface area (Å²) in [5.41, 5.74) is 3.63. The Kier molecular flexibility index (Phi) is 4.33. The maximum atomic E-state index is 11.6. The van der Waals surface area contributed by atoms with Gasteiger partial charge in [-0.05, 0) is 42.7 Å². The molecule has 0 fully saturated rings. The number of aromatic nitrogens is 2. The Morgan fingerprint density at radius 1 is 1.17 bits per heavy atom. The molecule has 1 aliphatic carbocycles. The van der Waals surface area contributed by atoms with Crippen molar-refractivity contribution in [3.63, 3.8) is 0 Å². The lowest BCUT2D eigenvalue weighted by molar-refractivity contribution is 0.605. The Morgan fingerprint density at radius 2 is 2.00 bits per heavy atom. The molecule has 0 N–H and O–H groups in total. The first-order valence-corrected chi connectivity index (χ1v) is 9.38. The summed E-state index contributed by atoms with van der Waals surface area (Å²) in [6.07, 6.45) is 10.9. The second-order valence-electron chi connectivity index (χ2n) is 5.39. The Morgan fingerprint density at radius 3 is 2.61 bits per heavy atom. The summed E-state index contributed by atoms with van der Waals surface area (Å²) in [6, 6.07) is 5.65. The number of rotatable bonds is 3. The number of halogens is 1. The molecule has 0 aliphatic heterocycles. The maximum absolute atomic E-state index is 11.6. The van der Waals surface area contributed by atoms with Crippen LogP contribution in [0.25, 0.3) is 16.8 Å². The minimum Gasteiger partial charge on any atom is -0.264 e. The maximum Gasteiger partial charge on any atom is 0.171 e. The lowest BCUT2D eigenvalue weighted by Crippen LogP contribution is -2.05. The molecule has 3 rings (SSSR count). The molecule has 0 radical (unpaired) electrons. The molecular formula is C17H15ClN2O2S. The van der Waals surface area contributed by atoms with E-state index in [0.29, 0.717) is 22.8 Å². The van der Waals surface area contributed by atoms with Crippen molar-refractivity contribution in [2.75, 3.05) is 6.26 Å². The zero-order chi connectivity index (χ0) is 16.4. The van der Waals surface area contributed by atoms with Crippen LogP contribution in [0, 0.1) is 0 Å². The molecule has 0 bridgehead atoms. The highest BCUT2D eigenvalue weighted by Crippen LogP contribution is 2.34. The fraction of sp³-hybridized carbons (Fsp3) is 0.176. The summed E-state index contributed by atoms with van der Waals surface area (Å²) < 4.78 is 23.3. The van der Waals surface area contributed by atoms with Crippen LogP contribution in [-0.4, -0.2) is 24.6 Å². The van der Waals surface area contributed by atoms with Crippen molar-refractivity contribution in [2.45, 2.75) is 12.8 Å². The average Bonchev–Trinajstić information content (AvgIpc) is 2.55. The first-order chi connectivity index (χ1) is 10.9. The second kappa shape index (κ2) is 6.26. The third kappa shape index (κ3) is 3.51. The van der Waals surface area contributed by atoms with E-state index in [1.807, 2.05) is 24.3 Å². The Bertz CT molecular complexity index is 903. The second-order valence-corrected chi connectivity index (χ2v) is 7.89. The fourth-order valence-corrected chi connectivity index (χ4v) is 3.51. The Hall–Kier alpha value is -1.98. The van der Waals surface area contributed by atoms with Crippen LogP contribution in [0.2, 0.25) is 5.02 Å². The third-order valence-electron chi connectivity index (χ3n) is 3.72. The van der Waals surface area contributed by atoms with Crippen LogP contribution in [0.5, 0.6) is 0 Å². The number of allylic oxidation sites excluding steroid dienone is 4. The van der Waals surface area contributed by atoms with Crippen LogP contribution in [-0.2, 0) is 9.84 Å². The van der Waals surface area contributed by atoms with Gasteiger partial charge in [0.05, 0.1) is 10.7 Å². The van der Waals surface area contributed by atoms with Crippen LogP contribution in [0.1, 0.15) is 18.4 Å². The summed E-state index contributed by atoms with van der Waals surface area (Å²) in [5.74, 6) is 0. The highest BCUT2D eigenvalue weighted by Gasteiger charge is 2.18. The number of pyridine rings is 2. The van der Waals surface area contributed by atoms with Gasteiger partial charge in [0.2, 0.25) is 0 Å². The molecule has 0 unspecified atom stereocenters. The highest BCUT2D eigenvalue weighted by atomic mass is 35.5. The van der Waals surface area contributed by atoms with E-state index in [9.17, 15) is 8.42 Å². The van der Waals surface area contributed by atoms with Crippen LogP contribution in [0.15, 0.2) is 53.8 Å². The summed E-state index contributed by atoms with van der Waals surface area (Å²) in [7, 11) is -3.14. The molecular weight excluding hydrogens is 332 g/mol. The Labute approximate surface area is 140 Å². The van der Waals surface area contributed by atoms with E-state index in [1.165, 1.54) is 6.26 Å². The lowest BCUT2D eigenvalue weighted by atomic mass is 9.94. The third-order valence-corrected chi connectivity index (χ3v) is 5.22. The van der Waals surface area contributed by atoms with Gasteiger partial charge in [0.25, 0.3) is 0 Å². The van der Waals surface area contributed by atoms with Gasteiger partial charge in [-0.25, -0.2) is 8.42 Å². The van der Waals surface area contributed by atoms with E-state index in [2.05, 4.69) is 9.97 Å². The van der Waals surface area contributed by atoms with Gasteiger partial charge in [0.15, 0.2) is 9.84 Å². The predicted octanol–water partition coefficient (Wildman–Crippen LogP) is 3.90. The molecule has 2 aromatic rings. The molecule has 0 atom stereocenters. The van der Waals surface area contributed by atoms with Crippen molar-refractivity contribution in [2.24, 2.45) is 0 Å². The fourth-order valence-electron chi connectivity index (χ4n) is 2.57. The number of sulfone groups is 1. The van der Waals surface area contributed by atoms with Crippen molar-refractivity contribution in [1.82, 2.24) is 9.97 Å². The SMILES string of the molecule is CS(=O)(=O)C1=CC=C(c2cc(Cl)cnc2-c2cccnc2)CC1. The highest BCUT2D eigenvalue weighted by molar-refractivity contribution is 7.94. The van der Waals surface area contributed by atoms with Crippen LogP contribution in [0.4, 0.5) is 0 Å². The van der Waals surface area contributed by atoms with E-state index < -0.39 is 9.84 Å². The van der Waals surface area contributed by atoms with Crippen LogP contribution < -0.4 is 0 Å². The summed E-state index contributed by atoms with van der Waals surface area (Å²) >= 11 is 6.11. The number of hydrogen-bond donors (Lipinski definition) is 0. The zero-order valence-corrected chi connectivity index (χ0v) is 14.1. The first-order valence-electron chi connectivity index (χ1n) is 7.11. The molecule has 0 saturated heterocycles. The quantitative estimate of drug-likeness (QED) is 0.845. The molecule has 1 aliphatic rings. The topological polar surface area (TPSA) is 59.9 Å². The molecule has 2 heterocycles. The minimum absolute atomic E-state index is 0.458. The van der Waals surface area contributed by atoms with E-state index >= 15 is 0 Å². The monoisotopic (exact) mass is 346 g/mol. The van der Waals surface area contributed by atoms with Gasteiger partial charge in [0, 0.05) is 40.9 Å². The van der Waals surface area contributed by atoms with Gasteiger partial charge < -0.3 is 0 Å². The predicted molar refractivity (Wildman–Crippen MR) is 92.6 cm³/mol. The van der Waals surface area contributed by atoms with Crippen molar-refractivity contribution in [3.05, 3.63) is 64.4 Å². The van der Waals surface area contributed by atoms with E-state index in [0.717, 1.165) is 22.4 Å². The molecule has 4 nitrogen and oxygen atoms in total. The van der Waals surface area contributed by atoms with Gasteiger partial charge in [-0.1, -0.05) is 17.7 Å². The Balaban J connectivity index is 2.09. The van der Waals surface area contributed by atoms with Crippen molar-refractivity contribution in [3.8, 4) is 11.3 Å². The summed E-state index contributed by atoms with van der Waals surface area (Å²) in [6.45, 7) is 0. The zero-order valence-electron chi connectivity index (χ0n) is 12.5. The standard InChI is InChI=1S/C17H15ClN2O2S/c1-23(21,22)15-6-4-12(5-7-15)16-9-14(18)11-20-17(16)13-3-2-8-19-10-13/h2-4,6,8-11H,5,7H2,1H3. The largest absolute Gasteiger partial charge is 0.264 e. The number of hydrogen-bond acceptors (Lipinski definition) is 4. The molecule has 0 amide bonds. The van der Waals surface area contributed by atoms with Crippen LogP contribution >= 0.6 is 11.6 Å². The van der Waals surface area contributed by atoms with Crippen molar-refractivity contribution >= 4 is 27.0 Å². The average molecular weight is 347 g/mol. The molecule has 0 spiro atoms. The van der Waals surface area contributed by atoms with E-state index in [4.69, 9.17) is 11.6 Å². The van der Waals surface area contributed by atoms with Gasteiger partial charge in [-0.3, -0.25) is 9.97 Å². The first kappa shape index (κ1) is 15.9. The van der Waals surface area contributed by atoms with Gasteiger partial charge >= 0.3 is 0 Å². The molecule has 6 heteroatoms. The molecule has 23 heavy (non-hydrogen) atoms. The van der Waals surface area contributed by atoms with Gasteiger partial charge in [0.1, 0.15) is 0 Å². The van der Waals surface area contributed by atoms with Crippen molar-refractivity contribution in [1.29, 1.82) is 0 Å². The van der Waals surface area contributed by atoms with E-state index in [1.54, 1.807) is 24.7 Å². The number of nitrogens with zero attached hydrogens (tertiary/aromatic N) is 2. The summed E-state index contributed by atoms with van der Waals surface area (Å²) in [5, 5.41) is 0.548. The smallest absolute Gasteiger partial charge is 0.171 e. The van der Waals surface area contributed by atoms with Gasteiger partial charge in [-0.2, -0.15) is 0 Å². The van der Waals surface area contributed by atoms with Crippen LogP contribution in [0.3, 0.4) is 0 Å². The summed E-state index contributed by atoms with van der Waals surface area (Å²) in [4.78, 5) is 9.03. The normalized spacial score (nSPS) is 15.0.